The molecule has 1 aliphatic heterocycles. The zero-order valence-electron chi connectivity index (χ0n) is 12.1. The third kappa shape index (κ3) is 2.81. The molecule has 3 nitrogen and oxygen atoms in total. The molecule has 1 N–H and O–H groups in total. The Morgan fingerprint density at radius 2 is 2.05 bits per heavy atom. The van der Waals surface area contributed by atoms with Crippen molar-refractivity contribution in [3.63, 3.8) is 0 Å². The first-order valence-corrected chi connectivity index (χ1v) is 7.08. The fourth-order valence-corrected chi connectivity index (χ4v) is 2.89. The van der Waals surface area contributed by atoms with Crippen molar-refractivity contribution in [2.45, 2.75) is 38.1 Å². The predicted molar refractivity (Wildman–Crippen MR) is 78.1 cm³/mol. The van der Waals surface area contributed by atoms with Gasteiger partial charge in [0.05, 0.1) is 5.41 Å². The van der Waals surface area contributed by atoms with Crippen molar-refractivity contribution >= 4 is 5.91 Å². The van der Waals surface area contributed by atoms with Gasteiger partial charge in [0, 0.05) is 19.1 Å². The Bertz CT molecular complexity index is 428. The van der Waals surface area contributed by atoms with E-state index in [0.29, 0.717) is 6.04 Å². The fourth-order valence-electron chi connectivity index (χ4n) is 2.89. The highest BCUT2D eigenvalue weighted by Crippen LogP contribution is 2.29. The highest BCUT2D eigenvalue weighted by atomic mass is 16.2. The van der Waals surface area contributed by atoms with E-state index < -0.39 is 5.41 Å². The lowest BCUT2D eigenvalue weighted by Gasteiger charge is -2.33. The highest BCUT2D eigenvalue weighted by molar-refractivity contribution is 5.87. The first-order chi connectivity index (χ1) is 9.07. The lowest BCUT2D eigenvalue weighted by atomic mass is 9.83. The van der Waals surface area contributed by atoms with Crippen LogP contribution in [-0.4, -0.2) is 37.0 Å². The van der Waals surface area contributed by atoms with Gasteiger partial charge >= 0.3 is 0 Å². The summed E-state index contributed by atoms with van der Waals surface area (Å²) in [5.74, 6) is 0.247. The zero-order chi connectivity index (χ0) is 13.9. The van der Waals surface area contributed by atoms with Crippen LogP contribution in [0.2, 0.25) is 0 Å². The molecular formula is C16H24N2O. The first-order valence-electron chi connectivity index (χ1n) is 7.08. The number of nitrogens with zero attached hydrogens (tertiary/aromatic N) is 1. The summed E-state index contributed by atoms with van der Waals surface area (Å²) < 4.78 is 0. The zero-order valence-corrected chi connectivity index (χ0v) is 12.1. The molecule has 2 rings (SSSR count). The molecule has 1 amide bonds. The number of rotatable bonds is 4. The molecular weight excluding hydrogens is 236 g/mol. The first kappa shape index (κ1) is 14.1. The molecule has 1 aromatic rings. The topological polar surface area (TPSA) is 32.3 Å². The maximum Gasteiger partial charge on any atom is 0.232 e. The predicted octanol–water partition coefficient (Wildman–Crippen LogP) is 2.17. The van der Waals surface area contributed by atoms with Crippen molar-refractivity contribution in [2.24, 2.45) is 0 Å². The van der Waals surface area contributed by atoms with Gasteiger partial charge in [0.15, 0.2) is 0 Å². The number of likely N-dealkylation sites (tertiary alicyclic amines) is 1. The summed E-state index contributed by atoms with van der Waals surface area (Å²) in [6.07, 6.45) is 2.22. The van der Waals surface area contributed by atoms with Crippen molar-refractivity contribution in [1.29, 1.82) is 0 Å². The molecule has 0 spiro atoms. The minimum Gasteiger partial charge on any atom is -0.338 e. The molecule has 1 atom stereocenters. The molecule has 19 heavy (non-hydrogen) atoms. The van der Waals surface area contributed by atoms with Crippen molar-refractivity contribution in [1.82, 2.24) is 10.2 Å². The maximum absolute atomic E-state index is 12.9. The summed E-state index contributed by atoms with van der Waals surface area (Å²) in [6.45, 7) is 5.83. The van der Waals surface area contributed by atoms with Crippen LogP contribution >= 0.6 is 0 Å². The highest BCUT2D eigenvalue weighted by Gasteiger charge is 2.38. The fraction of sp³-hybridized carbons (Fsp3) is 0.562. The Balaban J connectivity index is 2.18. The van der Waals surface area contributed by atoms with Gasteiger partial charge in [0.1, 0.15) is 0 Å². The van der Waals surface area contributed by atoms with E-state index in [1.807, 2.05) is 51.2 Å². The van der Waals surface area contributed by atoms with Crippen LogP contribution in [0.4, 0.5) is 0 Å². The van der Waals surface area contributed by atoms with E-state index in [-0.39, 0.29) is 5.91 Å². The van der Waals surface area contributed by atoms with Crippen LogP contribution in [0.5, 0.6) is 0 Å². The molecule has 1 aromatic carbocycles. The van der Waals surface area contributed by atoms with Gasteiger partial charge in [0.25, 0.3) is 0 Å². The normalized spacial score (nSPS) is 19.7. The quantitative estimate of drug-likeness (QED) is 0.900. The van der Waals surface area contributed by atoms with E-state index in [0.717, 1.165) is 31.5 Å². The number of amides is 1. The molecule has 1 aliphatic rings. The number of carbonyl (C=O) groups excluding carboxylic acids is 1. The van der Waals surface area contributed by atoms with Crippen molar-refractivity contribution in [2.75, 3.05) is 20.1 Å². The van der Waals surface area contributed by atoms with Crippen LogP contribution in [0.25, 0.3) is 0 Å². The van der Waals surface area contributed by atoms with Gasteiger partial charge in [0.2, 0.25) is 5.91 Å². The van der Waals surface area contributed by atoms with Crippen LogP contribution < -0.4 is 5.32 Å². The average Bonchev–Trinajstić information content (AvgIpc) is 2.87. The second kappa shape index (κ2) is 5.74. The maximum atomic E-state index is 12.9. The Hall–Kier alpha value is -1.35. The van der Waals surface area contributed by atoms with Crippen LogP contribution in [0.1, 0.15) is 32.3 Å². The van der Waals surface area contributed by atoms with E-state index >= 15 is 0 Å². The minimum absolute atomic E-state index is 0.247. The molecule has 1 heterocycles. The van der Waals surface area contributed by atoms with E-state index in [1.165, 1.54) is 0 Å². The number of benzene rings is 1. The Kier molecular flexibility index (Phi) is 4.25. The van der Waals surface area contributed by atoms with Gasteiger partial charge in [-0.15, -0.1) is 0 Å². The van der Waals surface area contributed by atoms with Crippen molar-refractivity contribution in [3.05, 3.63) is 35.9 Å². The van der Waals surface area contributed by atoms with Gasteiger partial charge in [-0.3, -0.25) is 4.79 Å². The van der Waals surface area contributed by atoms with Gasteiger partial charge < -0.3 is 10.2 Å². The lowest BCUT2D eigenvalue weighted by Crippen LogP contribution is -2.48. The van der Waals surface area contributed by atoms with Crippen molar-refractivity contribution < 1.29 is 4.79 Å². The molecule has 0 radical (unpaired) electrons. The molecule has 0 aliphatic carbocycles. The monoisotopic (exact) mass is 260 g/mol. The molecule has 0 saturated carbocycles. The van der Waals surface area contributed by atoms with E-state index in [4.69, 9.17) is 0 Å². The molecule has 1 unspecified atom stereocenters. The van der Waals surface area contributed by atoms with Crippen molar-refractivity contribution in [3.8, 4) is 0 Å². The Morgan fingerprint density at radius 3 is 2.68 bits per heavy atom. The van der Waals surface area contributed by atoms with E-state index in [9.17, 15) is 4.79 Å². The van der Waals surface area contributed by atoms with Gasteiger partial charge in [-0.25, -0.2) is 0 Å². The molecule has 1 fully saturated rings. The molecule has 104 valence electrons. The Morgan fingerprint density at radius 1 is 1.37 bits per heavy atom. The minimum atomic E-state index is -0.447. The molecule has 3 heteroatoms. The Labute approximate surface area is 116 Å². The number of nitrogens with one attached hydrogen (secondary N) is 1. The van der Waals surface area contributed by atoms with Crippen LogP contribution in [0, 0.1) is 0 Å². The number of carbonyl (C=O) groups is 1. The summed E-state index contributed by atoms with van der Waals surface area (Å²) in [5, 5.41) is 3.19. The van der Waals surface area contributed by atoms with Crippen LogP contribution in [-0.2, 0) is 10.2 Å². The molecule has 1 saturated heterocycles. The number of likely N-dealkylation sites (N-methyl/N-ethyl adjacent to an activating group) is 1. The summed E-state index contributed by atoms with van der Waals surface area (Å²) in [5.41, 5.74) is 0.646. The largest absolute Gasteiger partial charge is 0.338 e. The van der Waals surface area contributed by atoms with Gasteiger partial charge in [-0.2, -0.15) is 0 Å². The van der Waals surface area contributed by atoms with Gasteiger partial charge in [-0.05, 0) is 39.3 Å². The average molecular weight is 260 g/mol. The number of hydrogen-bond donors (Lipinski definition) is 1. The van der Waals surface area contributed by atoms with Gasteiger partial charge in [-0.1, -0.05) is 30.3 Å². The molecule has 0 aromatic heterocycles. The lowest BCUT2D eigenvalue weighted by molar-refractivity contribution is -0.137. The third-order valence-corrected chi connectivity index (χ3v) is 4.11. The second-order valence-electron chi connectivity index (χ2n) is 5.84. The SMILES string of the molecule is CNCC1CCCN1C(=O)C(C)(C)c1ccccc1. The van der Waals surface area contributed by atoms with Crippen LogP contribution in [0.3, 0.4) is 0 Å². The summed E-state index contributed by atoms with van der Waals surface area (Å²) in [6, 6.07) is 10.4. The van der Waals surface area contributed by atoms with E-state index in [2.05, 4.69) is 10.2 Å². The summed E-state index contributed by atoms with van der Waals surface area (Å²) in [7, 11) is 1.95. The van der Waals surface area contributed by atoms with E-state index in [1.54, 1.807) is 0 Å². The standard InChI is InChI=1S/C16H24N2O/c1-16(2,13-8-5-4-6-9-13)15(19)18-11-7-10-14(18)12-17-3/h4-6,8-9,14,17H,7,10-12H2,1-3H3. The molecule has 0 bridgehead atoms. The van der Waals surface area contributed by atoms with Crippen LogP contribution in [0.15, 0.2) is 30.3 Å². The summed E-state index contributed by atoms with van der Waals surface area (Å²) in [4.78, 5) is 14.9. The smallest absolute Gasteiger partial charge is 0.232 e. The summed E-state index contributed by atoms with van der Waals surface area (Å²) >= 11 is 0. The third-order valence-electron chi connectivity index (χ3n) is 4.11. The second-order valence-corrected chi connectivity index (χ2v) is 5.84. The number of hydrogen-bond acceptors (Lipinski definition) is 2.